The maximum atomic E-state index is 11.3. The number of rotatable bonds is 2. The minimum atomic E-state index is -0.475. The van der Waals surface area contributed by atoms with Crippen molar-refractivity contribution >= 4 is 17.5 Å². The van der Waals surface area contributed by atoms with Crippen LogP contribution in [0.2, 0.25) is 5.02 Å². The second-order valence-electron chi connectivity index (χ2n) is 2.42. The molecule has 0 aliphatic rings. The van der Waals surface area contributed by atoms with Crippen LogP contribution < -0.4 is 0 Å². The van der Waals surface area contributed by atoms with E-state index in [-0.39, 0.29) is 0 Å². The number of nitroso groups, excluding NO2 is 1. The van der Waals surface area contributed by atoms with Gasteiger partial charge in [0.2, 0.25) is 0 Å². The molecule has 1 aromatic rings. The molecule has 4 nitrogen and oxygen atoms in total. The van der Waals surface area contributed by atoms with Crippen molar-refractivity contribution in [1.29, 1.82) is 0 Å². The number of carbonyl (C=O) groups excluding carboxylic acids is 1. The van der Waals surface area contributed by atoms with Crippen LogP contribution in [0.4, 0.5) is 0 Å². The summed E-state index contributed by atoms with van der Waals surface area (Å²) in [6.07, 6.45) is 0. The van der Waals surface area contributed by atoms with Crippen molar-refractivity contribution in [3.63, 3.8) is 0 Å². The third kappa shape index (κ3) is 2.26. The first-order chi connectivity index (χ1) is 6.15. The maximum Gasteiger partial charge on any atom is 0.276 e. The highest BCUT2D eigenvalue weighted by Crippen LogP contribution is 2.12. The molecule has 0 atom stereocenters. The summed E-state index contributed by atoms with van der Waals surface area (Å²) in [4.78, 5) is 21.3. The third-order valence-corrected chi connectivity index (χ3v) is 1.72. The molecule has 13 heavy (non-hydrogen) atoms. The van der Waals surface area contributed by atoms with E-state index in [0.717, 1.165) is 0 Å². The van der Waals surface area contributed by atoms with Gasteiger partial charge in [-0.1, -0.05) is 17.7 Å². The van der Waals surface area contributed by atoms with Crippen LogP contribution in [-0.2, 0) is 0 Å². The van der Waals surface area contributed by atoms with E-state index >= 15 is 0 Å². The van der Waals surface area contributed by atoms with Gasteiger partial charge >= 0.3 is 0 Å². The molecular formula is C8H7ClN2O2. The Balaban J connectivity index is 2.95. The first-order valence-electron chi connectivity index (χ1n) is 3.52. The first kappa shape index (κ1) is 9.67. The lowest BCUT2D eigenvalue weighted by Gasteiger charge is -2.05. The summed E-state index contributed by atoms with van der Waals surface area (Å²) in [7, 11) is 1.29. The summed E-state index contributed by atoms with van der Waals surface area (Å²) in [5, 5.41) is 3.65. The predicted octanol–water partition coefficient (Wildman–Crippen LogP) is 2.09. The molecule has 0 heterocycles. The average Bonchev–Trinajstić information content (AvgIpc) is 2.15. The number of hydrogen-bond donors (Lipinski definition) is 0. The van der Waals surface area contributed by atoms with Gasteiger partial charge in [-0.2, -0.15) is 5.01 Å². The number of amides is 1. The zero-order valence-corrected chi connectivity index (χ0v) is 7.65. The zero-order valence-electron chi connectivity index (χ0n) is 6.90. The van der Waals surface area contributed by atoms with Gasteiger partial charge in [0, 0.05) is 17.6 Å². The lowest BCUT2D eigenvalue weighted by atomic mass is 10.2. The summed E-state index contributed by atoms with van der Waals surface area (Å²) < 4.78 is 0. The average molecular weight is 199 g/mol. The molecule has 0 spiro atoms. The Bertz CT molecular complexity index is 341. The van der Waals surface area contributed by atoms with Crippen LogP contribution in [0.5, 0.6) is 0 Å². The van der Waals surface area contributed by atoms with Crippen molar-refractivity contribution in [2.75, 3.05) is 7.05 Å². The van der Waals surface area contributed by atoms with Gasteiger partial charge in [0.1, 0.15) is 0 Å². The molecule has 0 aliphatic carbocycles. The van der Waals surface area contributed by atoms with Crippen LogP contribution in [0.15, 0.2) is 29.6 Å². The van der Waals surface area contributed by atoms with Crippen LogP contribution in [0.25, 0.3) is 0 Å². The van der Waals surface area contributed by atoms with Crippen molar-refractivity contribution < 1.29 is 4.79 Å². The number of nitrogens with zero attached hydrogens (tertiary/aromatic N) is 2. The number of benzene rings is 1. The van der Waals surface area contributed by atoms with Gasteiger partial charge in [-0.15, -0.1) is 4.91 Å². The number of hydrogen-bond acceptors (Lipinski definition) is 3. The summed E-state index contributed by atoms with van der Waals surface area (Å²) in [5.74, 6) is -0.475. The molecule has 0 saturated carbocycles. The minimum Gasteiger partial charge on any atom is -0.267 e. The zero-order chi connectivity index (χ0) is 9.84. The normalized spacial score (nSPS) is 9.38. The van der Waals surface area contributed by atoms with Crippen LogP contribution >= 0.6 is 11.6 Å². The van der Waals surface area contributed by atoms with E-state index in [9.17, 15) is 9.70 Å². The van der Waals surface area contributed by atoms with E-state index in [2.05, 4.69) is 5.29 Å². The highest BCUT2D eigenvalue weighted by molar-refractivity contribution is 6.30. The molecule has 68 valence electrons. The Morgan fingerprint density at radius 1 is 1.54 bits per heavy atom. The fourth-order valence-corrected chi connectivity index (χ4v) is 1.04. The van der Waals surface area contributed by atoms with Crippen molar-refractivity contribution in [2.24, 2.45) is 5.29 Å². The van der Waals surface area contributed by atoms with Gasteiger partial charge in [-0.25, -0.2) is 0 Å². The molecule has 0 unspecified atom stereocenters. The van der Waals surface area contributed by atoms with Gasteiger partial charge in [-0.3, -0.25) is 4.79 Å². The molecule has 0 N–H and O–H groups in total. The van der Waals surface area contributed by atoms with Gasteiger partial charge in [0.15, 0.2) is 0 Å². The number of halogens is 1. The summed E-state index contributed by atoms with van der Waals surface area (Å²) >= 11 is 5.66. The lowest BCUT2D eigenvalue weighted by Crippen LogP contribution is -2.20. The Labute approximate surface area is 80.1 Å². The highest BCUT2D eigenvalue weighted by atomic mass is 35.5. The molecule has 5 heteroatoms. The third-order valence-electron chi connectivity index (χ3n) is 1.49. The van der Waals surface area contributed by atoms with Crippen LogP contribution in [0, 0.1) is 4.91 Å². The van der Waals surface area contributed by atoms with Crippen molar-refractivity contribution in [1.82, 2.24) is 5.01 Å². The second kappa shape index (κ2) is 4.00. The monoisotopic (exact) mass is 198 g/mol. The fourth-order valence-electron chi connectivity index (χ4n) is 0.845. The second-order valence-corrected chi connectivity index (χ2v) is 2.86. The molecule has 0 fully saturated rings. The Hall–Kier alpha value is -1.42. The molecule has 0 bridgehead atoms. The molecule has 0 aliphatic heterocycles. The minimum absolute atomic E-state index is 0.342. The molecule has 1 aromatic carbocycles. The molecule has 0 aromatic heterocycles. The standard InChI is InChI=1S/C8H7ClN2O2/c1-11(10-13)8(12)6-3-2-4-7(9)5-6/h2-5H,1H3. The van der Waals surface area contributed by atoms with Gasteiger partial charge < -0.3 is 0 Å². The summed E-state index contributed by atoms with van der Waals surface area (Å²) in [6.45, 7) is 0. The Morgan fingerprint density at radius 2 is 2.23 bits per heavy atom. The van der Waals surface area contributed by atoms with E-state index < -0.39 is 5.91 Å². The van der Waals surface area contributed by atoms with Crippen LogP contribution in [-0.4, -0.2) is 18.0 Å². The smallest absolute Gasteiger partial charge is 0.267 e. The van der Waals surface area contributed by atoms with Gasteiger partial charge in [0.05, 0.1) is 5.29 Å². The lowest BCUT2D eigenvalue weighted by molar-refractivity contribution is 0.0797. The Kier molecular flexibility index (Phi) is 2.97. The quantitative estimate of drug-likeness (QED) is 0.540. The topological polar surface area (TPSA) is 49.7 Å². The van der Waals surface area contributed by atoms with Crippen molar-refractivity contribution in [3.05, 3.63) is 39.8 Å². The summed E-state index contributed by atoms with van der Waals surface area (Å²) in [6, 6.07) is 6.32. The SMILES string of the molecule is CN(N=O)C(=O)c1cccc(Cl)c1. The van der Waals surface area contributed by atoms with E-state index in [0.29, 0.717) is 15.6 Å². The molecule has 0 radical (unpaired) electrons. The van der Waals surface area contributed by atoms with Gasteiger partial charge in [0.25, 0.3) is 5.91 Å². The molecule has 0 saturated heterocycles. The predicted molar refractivity (Wildman–Crippen MR) is 49.3 cm³/mol. The highest BCUT2D eigenvalue weighted by Gasteiger charge is 2.11. The van der Waals surface area contributed by atoms with Crippen LogP contribution in [0.3, 0.4) is 0 Å². The molecular weight excluding hydrogens is 192 g/mol. The Morgan fingerprint density at radius 3 is 2.77 bits per heavy atom. The maximum absolute atomic E-state index is 11.3. The van der Waals surface area contributed by atoms with E-state index in [1.807, 2.05) is 0 Å². The molecule has 1 rings (SSSR count). The van der Waals surface area contributed by atoms with Gasteiger partial charge in [-0.05, 0) is 18.2 Å². The number of carbonyl (C=O) groups is 1. The van der Waals surface area contributed by atoms with Crippen molar-refractivity contribution in [2.45, 2.75) is 0 Å². The molecule has 1 amide bonds. The van der Waals surface area contributed by atoms with Crippen LogP contribution in [0.1, 0.15) is 10.4 Å². The van der Waals surface area contributed by atoms with E-state index in [4.69, 9.17) is 11.6 Å². The van der Waals surface area contributed by atoms with Crippen molar-refractivity contribution in [3.8, 4) is 0 Å². The van der Waals surface area contributed by atoms with E-state index in [1.165, 1.54) is 13.1 Å². The van der Waals surface area contributed by atoms with E-state index in [1.54, 1.807) is 18.2 Å². The summed E-state index contributed by atoms with van der Waals surface area (Å²) in [5.41, 5.74) is 0.342. The largest absolute Gasteiger partial charge is 0.276 e. The fraction of sp³-hybridized carbons (Fsp3) is 0.125. The first-order valence-corrected chi connectivity index (χ1v) is 3.90.